The number of sulfonamides is 1. The third-order valence-electron chi connectivity index (χ3n) is 3.95. The second kappa shape index (κ2) is 9.08. The van der Waals surface area contributed by atoms with Crippen molar-refractivity contribution in [1.29, 1.82) is 0 Å². The van der Waals surface area contributed by atoms with Crippen LogP contribution < -0.4 is 10.0 Å². The third-order valence-corrected chi connectivity index (χ3v) is 5.90. The molecule has 1 unspecified atom stereocenters. The van der Waals surface area contributed by atoms with Crippen LogP contribution in [-0.4, -0.2) is 57.3 Å². The molecule has 0 aliphatic carbocycles. The van der Waals surface area contributed by atoms with Crippen molar-refractivity contribution in [2.45, 2.75) is 38.4 Å². The van der Waals surface area contributed by atoms with E-state index in [2.05, 4.69) is 22.0 Å². The lowest BCUT2D eigenvalue weighted by atomic mass is 10.3. The Kier molecular flexibility index (Phi) is 7.11. The summed E-state index contributed by atoms with van der Waals surface area (Å²) >= 11 is 0. The van der Waals surface area contributed by atoms with E-state index in [0.717, 1.165) is 31.1 Å². The van der Waals surface area contributed by atoms with Gasteiger partial charge < -0.3 is 14.6 Å². The maximum atomic E-state index is 12.2. The van der Waals surface area contributed by atoms with E-state index in [4.69, 9.17) is 4.42 Å². The molecule has 24 heavy (non-hydrogen) atoms. The Balaban J connectivity index is 1.93. The van der Waals surface area contributed by atoms with Gasteiger partial charge in [0.25, 0.3) is 0 Å². The molecule has 1 aromatic heterocycles. The summed E-state index contributed by atoms with van der Waals surface area (Å²) in [5.74, 6) is 1.71. The largest absolute Gasteiger partial charge is 0.469 e. The van der Waals surface area contributed by atoms with E-state index < -0.39 is 10.0 Å². The smallest absolute Gasteiger partial charge is 0.216 e. The Morgan fingerprint density at radius 2 is 2.29 bits per heavy atom. The predicted octanol–water partition coefficient (Wildman–Crippen LogP) is 1.19. The Morgan fingerprint density at radius 1 is 1.46 bits per heavy atom. The molecule has 7 nitrogen and oxygen atoms in total. The van der Waals surface area contributed by atoms with E-state index in [1.165, 1.54) is 0 Å². The van der Waals surface area contributed by atoms with Crippen LogP contribution in [0.15, 0.2) is 27.8 Å². The van der Waals surface area contributed by atoms with E-state index in [1.54, 1.807) is 13.2 Å². The van der Waals surface area contributed by atoms with Crippen molar-refractivity contribution < 1.29 is 12.8 Å². The molecular weight excluding hydrogens is 328 g/mol. The SMILES string of the molecule is CCCN=C(NCCc1ccco1)N1CCC(S(=O)(=O)NCC)C1. The number of nitrogens with zero attached hydrogens (tertiary/aromatic N) is 2. The molecule has 1 atom stereocenters. The average Bonchev–Trinajstić information content (AvgIpc) is 3.22. The summed E-state index contributed by atoms with van der Waals surface area (Å²) in [5.41, 5.74) is 0. The summed E-state index contributed by atoms with van der Waals surface area (Å²) in [4.78, 5) is 6.63. The molecule has 0 radical (unpaired) electrons. The van der Waals surface area contributed by atoms with Gasteiger partial charge in [0.2, 0.25) is 10.0 Å². The lowest BCUT2D eigenvalue weighted by Gasteiger charge is -2.22. The highest BCUT2D eigenvalue weighted by Gasteiger charge is 2.33. The van der Waals surface area contributed by atoms with Crippen molar-refractivity contribution >= 4 is 16.0 Å². The van der Waals surface area contributed by atoms with Gasteiger partial charge in [-0.15, -0.1) is 0 Å². The third kappa shape index (κ3) is 5.24. The molecule has 0 amide bonds. The van der Waals surface area contributed by atoms with Crippen molar-refractivity contribution in [1.82, 2.24) is 14.9 Å². The Bertz CT molecular complexity index is 613. The molecule has 1 aliphatic heterocycles. The van der Waals surface area contributed by atoms with E-state index in [0.29, 0.717) is 32.6 Å². The maximum absolute atomic E-state index is 12.2. The molecule has 2 heterocycles. The van der Waals surface area contributed by atoms with Gasteiger partial charge >= 0.3 is 0 Å². The van der Waals surface area contributed by atoms with Crippen LogP contribution in [0.4, 0.5) is 0 Å². The van der Waals surface area contributed by atoms with Crippen LogP contribution in [0.25, 0.3) is 0 Å². The Morgan fingerprint density at radius 3 is 2.96 bits per heavy atom. The van der Waals surface area contributed by atoms with Gasteiger partial charge in [0.05, 0.1) is 11.5 Å². The zero-order valence-electron chi connectivity index (χ0n) is 14.5. The van der Waals surface area contributed by atoms with Gasteiger partial charge in [-0.2, -0.15) is 0 Å². The van der Waals surface area contributed by atoms with Gasteiger partial charge in [-0.1, -0.05) is 13.8 Å². The molecule has 1 saturated heterocycles. The van der Waals surface area contributed by atoms with Crippen molar-refractivity contribution in [2.75, 3.05) is 32.7 Å². The highest BCUT2D eigenvalue weighted by atomic mass is 32.2. The number of nitrogens with one attached hydrogen (secondary N) is 2. The summed E-state index contributed by atoms with van der Waals surface area (Å²) in [6.07, 6.45) is 4.01. The minimum atomic E-state index is -3.24. The molecular formula is C16H28N4O3S. The fraction of sp³-hybridized carbons (Fsp3) is 0.688. The second-order valence-corrected chi connectivity index (χ2v) is 7.91. The molecule has 0 bridgehead atoms. The Hall–Kier alpha value is -1.54. The molecule has 136 valence electrons. The minimum absolute atomic E-state index is 0.379. The normalized spacial score (nSPS) is 19.0. The van der Waals surface area contributed by atoms with Crippen LogP contribution in [0.2, 0.25) is 0 Å². The maximum Gasteiger partial charge on any atom is 0.216 e. The molecule has 2 rings (SSSR count). The molecule has 1 aromatic rings. The number of aliphatic imine (C=N–C) groups is 1. The molecule has 0 spiro atoms. The van der Waals surface area contributed by atoms with Crippen LogP contribution in [-0.2, 0) is 16.4 Å². The first-order valence-corrected chi connectivity index (χ1v) is 10.2. The van der Waals surface area contributed by atoms with Gasteiger partial charge in [-0.25, -0.2) is 13.1 Å². The lowest BCUT2D eigenvalue weighted by molar-refractivity contribution is 0.478. The quantitative estimate of drug-likeness (QED) is 0.540. The zero-order chi connectivity index (χ0) is 17.4. The van der Waals surface area contributed by atoms with Crippen LogP contribution in [0.1, 0.15) is 32.4 Å². The van der Waals surface area contributed by atoms with E-state index in [9.17, 15) is 8.42 Å². The lowest BCUT2D eigenvalue weighted by Crippen LogP contribution is -2.43. The summed E-state index contributed by atoms with van der Waals surface area (Å²) in [5, 5.41) is 2.96. The van der Waals surface area contributed by atoms with Crippen molar-refractivity contribution in [3.8, 4) is 0 Å². The average molecular weight is 356 g/mol. The number of likely N-dealkylation sites (tertiary alicyclic amines) is 1. The summed E-state index contributed by atoms with van der Waals surface area (Å²) in [7, 11) is -3.24. The number of hydrogen-bond donors (Lipinski definition) is 2. The molecule has 2 N–H and O–H groups in total. The van der Waals surface area contributed by atoms with Crippen molar-refractivity contribution in [2.24, 2.45) is 4.99 Å². The molecule has 8 heteroatoms. The van der Waals surface area contributed by atoms with Crippen LogP contribution in [0.5, 0.6) is 0 Å². The highest BCUT2D eigenvalue weighted by molar-refractivity contribution is 7.90. The van der Waals surface area contributed by atoms with Crippen LogP contribution in [0.3, 0.4) is 0 Å². The number of furan rings is 1. The van der Waals surface area contributed by atoms with Gasteiger partial charge in [0.1, 0.15) is 5.76 Å². The van der Waals surface area contributed by atoms with E-state index in [-0.39, 0.29) is 5.25 Å². The van der Waals surface area contributed by atoms with Gasteiger partial charge in [-0.05, 0) is 25.0 Å². The standard InChI is InChI=1S/C16H28N4O3S/c1-3-9-17-16(18-10-7-14-6-5-12-23-14)20-11-8-15(13-20)24(21,22)19-4-2/h5-6,12,15,19H,3-4,7-11,13H2,1-2H3,(H,17,18). The fourth-order valence-corrected chi connectivity index (χ4v) is 4.16. The highest BCUT2D eigenvalue weighted by Crippen LogP contribution is 2.16. The molecule has 0 aromatic carbocycles. The first kappa shape index (κ1) is 18.8. The molecule has 1 aliphatic rings. The minimum Gasteiger partial charge on any atom is -0.469 e. The first-order chi connectivity index (χ1) is 11.6. The second-order valence-electron chi connectivity index (χ2n) is 5.86. The topological polar surface area (TPSA) is 86.9 Å². The van der Waals surface area contributed by atoms with Gasteiger partial charge in [0.15, 0.2) is 5.96 Å². The predicted molar refractivity (Wildman–Crippen MR) is 95.6 cm³/mol. The fourth-order valence-electron chi connectivity index (χ4n) is 2.73. The zero-order valence-corrected chi connectivity index (χ0v) is 15.3. The number of guanidine groups is 1. The molecule has 0 saturated carbocycles. The van der Waals surface area contributed by atoms with E-state index in [1.807, 2.05) is 17.0 Å². The van der Waals surface area contributed by atoms with Gasteiger partial charge in [-0.3, -0.25) is 4.99 Å². The van der Waals surface area contributed by atoms with Crippen LogP contribution >= 0.6 is 0 Å². The number of hydrogen-bond acceptors (Lipinski definition) is 4. The Labute approximate surface area is 144 Å². The summed E-state index contributed by atoms with van der Waals surface area (Å²) in [6.45, 7) is 6.91. The molecule has 1 fully saturated rings. The van der Waals surface area contributed by atoms with E-state index >= 15 is 0 Å². The monoisotopic (exact) mass is 356 g/mol. The van der Waals surface area contributed by atoms with Crippen LogP contribution in [0, 0.1) is 0 Å². The summed E-state index contributed by atoms with van der Waals surface area (Å²) < 4.78 is 32.3. The number of rotatable bonds is 8. The van der Waals surface area contributed by atoms with Crippen molar-refractivity contribution in [3.63, 3.8) is 0 Å². The van der Waals surface area contributed by atoms with Gasteiger partial charge in [0, 0.05) is 39.1 Å². The van der Waals surface area contributed by atoms with Crippen molar-refractivity contribution in [3.05, 3.63) is 24.2 Å². The summed E-state index contributed by atoms with van der Waals surface area (Å²) in [6, 6.07) is 3.82. The first-order valence-electron chi connectivity index (χ1n) is 8.61.